The summed E-state index contributed by atoms with van der Waals surface area (Å²) in [5, 5.41) is 16.1. The SMILES string of the molecule is C.CNc1ccc(C2=CCN(C)CC2)c(C)c1.N=CN.N=CN1CC=C(c2cc(F)c(C=O)c(F)c2)CC1.NCCl. The Bertz CT molecular complexity index is 1160. The highest BCUT2D eigenvalue weighted by atomic mass is 35.5. The van der Waals surface area contributed by atoms with Crippen LogP contribution in [-0.2, 0) is 0 Å². The molecule has 0 aromatic heterocycles. The van der Waals surface area contributed by atoms with Gasteiger partial charge in [-0.25, -0.2) is 8.78 Å². The summed E-state index contributed by atoms with van der Waals surface area (Å²) in [4.78, 5) is 14.6. The molecule has 2 aliphatic rings. The van der Waals surface area contributed by atoms with Crippen LogP contribution in [0.25, 0.3) is 11.1 Å². The van der Waals surface area contributed by atoms with Gasteiger partial charge in [-0.1, -0.05) is 25.6 Å². The number of anilines is 1. The monoisotopic (exact) mass is 591 g/mol. The van der Waals surface area contributed by atoms with E-state index in [0.717, 1.165) is 24.9 Å². The third-order valence-electron chi connectivity index (χ3n) is 6.26. The van der Waals surface area contributed by atoms with Crippen molar-refractivity contribution in [3.8, 4) is 0 Å². The molecular formula is C30H44ClF2N7O. The Hall–Kier alpha value is -3.60. The molecule has 0 spiro atoms. The van der Waals surface area contributed by atoms with E-state index in [9.17, 15) is 13.6 Å². The van der Waals surface area contributed by atoms with E-state index in [1.165, 1.54) is 47.4 Å². The molecule has 0 saturated carbocycles. The third-order valence-corrected chi connectivity index (χ3v) is 6.26. The van der Waals surface area contributed by atoms with Crippen molar-refractivity contribution in [1.82, 2.24) is 9.80 Å². The first-order valence-corrected chi connectivity index (χ1v) is 13.2. The minimum atomic E-state index is -0.838. The van der Waals surface area contributed by atoms with Gasteiger partial charge in [0.1, 0.15) is 11.6 Å². The molecule has 2 heterocycles. The zero-order valence-electron chi connectivity index (χ0n) is 23.3. The molecular weight excluding hydrogens is 548 g/mol. The zero-order chi connectivity index (χ0) is 30.1. The van der Waals surface area contributed by atoms with Gasteiger partial charge < -0.3 is 26.6 Å². The lowest BCUT2D eigenvalue weighted by molar-refractivity contribution is 0.111. The average Bonchev–Trinajstić information content (AvgIpc) is 2.95. The smallest absolute Gasteiger partial charge is 0.155 e. The van der Waals surface area contributed by atoms with Crippen LogP contribution in [0.15, 0.2) is 42.5 Å². The first kappa shape index (κ1) is 37.4. The summed E-state index contributed by atoms with van der Waals surface area (Å²) < 4.78 is 26.9. The van der Waals surface area contributed by atoms with Gasteiger partial charge in [-0.2, -0.15) is 0 Å². The molecule has 2 aromatic rings. The molecule has 0 fully saturated rings. The summed E-state index contributed by atoms with van der Waals surface area (Å²) in [5.41, 5.74) is 15.2. The summed E-state index contributed by atoms with van der Waals surface area (Å²) >= 11 is 4.78. The summed E-state index contributed by atoms with van der Waals surface area (Å²) in [7, 11) is 4.13. The number of aryl methyl sites for hydroxylation is 1. The number of likely N-dealkylation sites (N-methyl/N-ethyl adjacent to an activating group) is 1. The van der Waals surface area contributed by atoms with Crippen LogP contribution in [0.4, 0.5) is 14.5 Å². The van der Waals surface area contributed by atoms with Crippen LogP contribution in [0.1, 0.15) is 47.3 Å². The van der Waals surface area contributed by atoms with Crippen molar-refractivity contribution in [2.75, 3.05) is 51.6 Å². The van der Waals surface area contributed by atoms with Gasteiger partial charge in [0.15, 0.2) is 6.29 Å². The number of halogens is 3. The van der Waals surface area contributed by atoms with Crippen LogP contribution in [0.2, 0.25) is 0 Å². The van der Waals surface area contributed by atoms with E-state index in [1.54, 1.807) is 4.90 Å². The fraction of sp³-hybridized carbons (Fsp3) is 0.367. The highest BCUT2D eigenvalue weighted by Gasteiger charge is 2.15. The van der Waals surface area contributed by atoms with Crippen LogP contribution in [0, 0.1) is 29.4 Å². The number of nitrogens with zero attached hydrogens (tertiary/aromatic N) is 2. The molecule has 0 bridgehead atoms. The highest BCUT2D eigenvalue weighted by Crippen LogP contribution is 2.27. The predicted molar refractivity (Wildman–Crippen MR) is 170 cm³/mol. The summed E-state index contributed by atoms with van der Waals surface area (Å²) in [6.07, 6.45) is 8.14. The lowest BCUT2D eigenvalue weighted by atomic mass is 9.95. The fourth-order valence-corrected chi connectivity index (χ4v) is 4.14. The van der Waals surface area contributed by atoms with Gasteiger partial charge in [-0.05, 0) is 78.9 Å². The summed E-state index contributed by atoms with van der Waals surface area (Å²) in [5.74, 6) is -1.68. The van der Waals surface area contributed by atoms with Crippen LogP contribution >= 0.6 is 11.6 Å². The van der Waals surface area contributed by atoms with Crippen LogP contribution < -0.4 is 16.8 Å². The number of alkyl halides is 1. The molecule has 7 N–H and O–H groups in total. The van der Waals surface area contributed by atoms with Gasteiger partial charge in [0, 0.05) is 38.9 Å². The fourth-order valence-electron chi connectivity index (χ4n) is 4.14. The van der Waals surface area contributed by atoms with Crippen LogP contribution in [0.5, 0.6) is 0 Å². The van der Waals surface area contributed by atoms with Gasteiger partial charge >= 0.3 is 0 Å². The van der Waals surface area contributed by atoms with Gasteiger partial charge in [0.25, 0.3) is 0 Å². The minimum absolute atomic E-state index is 0. The number of nitrogens with one attached hydrogen (secondary N) is 3. The third kappa shape index (κ3) is 12.2. The van der Waals surface area contributed by atoms with Gasteiger partial charge in [0.2, 0.25) is 0 Å². The van der Waals surface area contributed by atoms with Crippen molar-refractivity contribution >= 4 is 47.4 Å². The summed E-state index contributed by atoms with van der Waals surface area (Å²) in [6, 6.07) is 9.19. The van der Waals surface area contributed by atoms with Crippen molar-refractivity contribution < 1.29 is 13.6 Å². The molecule has 0 atom stereocenters. The van der Waals surface area contributed by atoms with E-state index >= 15 is 0 Å². The Balaban J connectivity index is 0.000000645. The quantitative estimate of drug-likeness (QED) is 0.102. The minimum Gasteiger partial charge on any atom is -0.390 e. The molecule has 11 heteroatoms. The Morgan fingerprint density at radius 2 is 1.61 bits per heavy atom. The molecule has 0 amide bonds. The number of hydrogen-bond donors (Lipinski definition) is 5. The molecule has 0 unspecified atom stereocenters. The highest BCUT2D eigenvalue weighted by molar-refractivity contribution is 6.17. The maximum absolute atomic E-state index is 13.5. The summed E-state index contributed by atoms with van der Waals surface area (Å²) in [6.45, 7) is 5.63. The number of nitrogens with two attached hydrogens (primary N) is 2. The second kappa shape index (κ2) is 20.3. The number of carbonyl (C=O) groups excluding carboxylic acids is 1. The molecule has 0 saturated heterocycles. The molecule has 2 aromatic carbocycles. The Morgan fingerprint density at radius 3 is 2.02 bits per heavy atom. The van der Waals surface area contributed by atoms with E-state index in [-0.39, 0.29) is 19.7 Å². The van der Waals surface area contributed by atoms with Gasteiger partial charge in [-0.15, -0.1) is 11.6 Å². The maximum Gasteiger partial charge on any atom is 0.155 e. The number of aldehydes is 1. The van der Waals surface area contributed by atoms with Crippen molar-refractivity contribution in [2.45, 2.75) is 27.2 Å². The number of carbonyl (C=O) groups is 1. The van der Waals surface area contributed by atoms with Crippen LogP contribution in [0.3, 0.4) is 0 Å². The molecule has 2 aliphatic heterocycles. The van der Waals surface area contributed by atoms with Crippen molar-refractivity contribution in [3.05, 3.63) is 76.4 Å². The normalized spacial score (nSPS) is 14.1. The molecule has 226 valence electrons. The molecule has 41 heavy (non-hydrogen) atoms. The lowest BCUT2D eigenvalue weighted by Gasteiger charge is -2.23. The molecule has 8 nitrogen and oxygen atoms in total. The first-order valence-electron chi connectivity index (χ1n) is 12.7. The number of rotatable bonds is 5. The van der Waals surface area contributed by atoms with Crippen LogP contribution in [-0.4, -0.2) is 75.0 Å². The number of hydrogen-bond acceptors (Lipinski definition) is 6. The second-order valence-corrected chi connectivity index (χ2v) is 9.23. The van der Waals surface area contributed by atoms with E-state index in [0.29, 0.717) is 25.1 Å². The zero-order valence-corrected chi connectivity index (χ0v) is 24.1. The van der Waals surface area contributed by atoms with Gasteiger partial charge in [-0.3, -0.25) is 15.6 Å². The number of benzene rings is 2. The largest absolute Gasteiger partial charge is 0.390 e. The Kier molecular flexibility index (Phi) is 18.5. The topological polar surface area (TPSA) is 135 Å². The van der Waals surface area contributed by atoms with Crippen molar-refractivity contribution in [2.24, 2.45) is 11.5 Å². The van der Waals surface area contributed by atoms with E-state index in [2.05, 4.69) is 59.9 Å². The average molecular weight is 592 g/mol. The Morgan fingerprint density at radius 1 is 1.05 bits per heavy atom. The van der Waals surface area contributed by atoms with E-state index in [4.69, 9.17) is 22.4 Å². The first-order chi connectivity index (χ1) is 19.2. The standard InChI is InChI=1S/C14H20N2.C13H12F2N2O.CH4ClN.CH4N2.CH4/c1-11-10-13(15-2)4-5-14(11)12-6-8-16(3)9-7-12;14-12-5-10(6-13(15)11(12)7-18)9-1-3-17(8-16)4-2-9;2*2-1-3;/h4-6,10,15H,7-9H2,1-3H3;1,5-8,16H,2-4H2;1,3H2;1H,(H3,2,3);1H4. The van der Waals surface area contributed by atoms with E-state index in [1.807, 2.05) is 13.1 Å². The van der Waals surface area contributed by atoms with Gasteiger partial charge in [0.05, 0.1) is 24.2 Å². The van der Waals surface area contributed by atoms with Crippen molar-refractivity contribution in [1.29, 1.82) is 10.8 Å². The molecule has 0 aliphatic carbocycles. The van der Waals surface area contributed by atoms with Crippen molar-refractivity contribution in [3.63, 3.8) is 0 Å². The molecule has 4 rings (SSSR count). The Labute approximate surface area is 248 Å². The second-order valence-electron chi connectivity index (χ2n) is 8.92. The lowest BCUT2D eigenvalue weighted by Crippen LogP contribution is -2.26. The maximum atomic E-state index is 13.5. The predicted octanol–water partition coefficient (Wildman–Crippen LogP) is 5.56. The van der Waals surface area contributed by atoms with E-state index < -0.39 is 17.2 Å². The molecule has 0 radical (unpaired) electrons.